The van der Waals surface area contributed by atoms with Gasteiger partial charge >= 0.3 is 0 Å². The van der Waals surface area contributed by atoms with Crippen LogP contribution in [0.5, 0.6) is 5.75 Å². The van der Waals surface area contributed by atoms with Gasteiger partial charge < -0.3 is 20.2 Å². The van der Waals surface area contributed by atoms with Crippen molar-refractivity contribution >= 4 is 11.7 Å². The van der Waals surface area contributed by atoms with Crippen LogP contribution >= 0.6 is 0 Å². The first-order chi connectivity index (χ1) is 14.7. The maximum Gasteiger partial charge on any atom is 0.263 e. The van der Waals surface area contributed by atoms with Crippen LogP contribution in [0.2, 0.25) is 0 Å². The third kappa shape index (κ3) is 6.20. The Hall–Kier alpha value is -3.09. The number of hydrogen-bond acceptors (Lipinski definition) is 5. The topological polar surface area (TPSA) is 90.0 Å². The summed E-state index contributed by atoms with van der Waals surface area (Å²) in [6.45, 7) is 2.99. The summed E-state index contributed by atoms with van der Waals surface area (Å²) in [5.74, 6) is 0.824. The van der Waals surface area contributed by atoms with E-state index in [1.54, 1.807) is 18.5 Å². The van der Waals surface area contributed by atoms with Crippen molar-refractivity contribution in [1.29, 1.82) is 0 Å². The van der Waals surface area contributed by atoms with Crippen LogP contribution in [-0.4, -0.2) is 40.8 Å². The second-order valence-corrected chi connectivity index (χ2v) is 7.40. The first-order valence-corrected chi connectivity index (χ1v) is 10.5. The molecule has 0 unspecified atom stereocenters. The number of pyridine rings is 1. The fourth-order valence-corrected chi connectivity index (χ4v) is 3.72. The number of nitrogens with two attached hydrogens (primary N) is 1. The number of oxime groups is 1. The summed E-state index contributed by atoms with van der Waals surface area (Å²) in [5.41, 5.74) is 7.69. The van der Waals surface area contributed by atoms with Gasteiger partial charge in [0.15, 0.2) is 12.4 Å². The first kappa shape index (κ1) is 21.6. The lowest BCUT2D eigenvalue weighted by Gasteiger charge is -2.33. The summed E-state index contributed by atoms with van der Waals surface area (Å²) in [5, 5.41) is 3.94. The van der Waals surface area contributed by atoms with E-state index in [1.165, 1.54) is 19.3 Å². The number of ether oxygens (including phenoxy) is 1. The molecule has 0 radical (unpaired) electrons. The van der Waals surface area contributed by atoms with Gasteiger partial charge in [-0.15, -0.1) is 0 Å². The smallest absolute Gasteiger partial charge is 0.263 e. The first-order valence-electron chi connectivity index (χ1n) is 10.5. The summed E-state index contributed by atoms with van der Waals surface area (Å²) >= 11 is 0. The Morgan fingerprint density at radius 2 is 2.07 bits per heavy atom. The lowest BCUT2D eigenvalue weighted by molar-refractivity contribution is -0.138. The van der Waals surface area contributed by atoms with Crippen molar-refractivity contribution in [1.82, 2.24) is 9.88 Å². The molecule has 1 amide bonds. The minimum atomic E-state index is -0.109. The van der Waals surface area contributed by atoms with Crippen LogP contribution in [0.15, 0.2) is 53.9 Å². The van der Waals surface area contributed by atoms with E-state index in [0.29, 0.717) is 30.5 Å². The average Bonchev–Trinajstić information content (AvgIpc) is 2.80. The van der Waals surface area contributed by atoms with Crippen molar-refractivity contribution in [2.45, 2.75) is 51.7 Å². The second-order valence-electron chi connectivity index (χ2n) is 7.40. The van der Waals surface area contributed by atoms with Crippen molar-refractivity contribution in [3.05, 3.63) is 59.9 Å². The molecule has 1 aromatic heterocycles. The number of rotatable bonds is 9. The normalized spacial score (nSPS) is 14.9. The Morgan fingerprint density at radius 1 is 1.23 bits per heavy atom. The Bertz CT molecular complexity index is 835. The quantitative estimate of drug-likeness (QED) is 0.388. The molecule has 2 N–H and O–H groups in total. The van der Waals surface area contributed by atoms with Gasteiger partial charge in [0.05, 0.1) is 0 Å². The van der Waals surface area contributed by atoms with Crippen molar-refractivity contribution in [2.24, 2.45) is 10.9 Å². The van der Waals surface area contributed by atoms with E-state index in [9.17, 15) is 4.79 Å². The Morgan fingerprint density at radius 3 is 2.80 bits per heavy atom. The summed E-state index contributed by atoms with van der Waals surface area (Å²) in [4.78, 5) is 23.8. The average molecular weight is 411 g/mol. The minimum Gasteiger partial charge on any atom is -0.489 e. The number of carbonyl (C=O) groups is 1. The predicted octanol–water partition coefficient (Wildman–Crippen LogP) is 3.48. The lowest BCUT2D eigenvalue weighted by atomic mass is 9.94. The Balaban J connectivity index is 1.52. The second kappa shape index (κ2) is 11.2. The highest BCUT2D eigenvalue weighted by Crippen LogP contribution is 2.22. The van der Waals surface area contributed by atoms with Crippen molar-refractivity contribution in [3.8, 4) is 5.75 Å². The number of aromatic nitrogens is 1. The zero-order chi connectivity index (χ0) is 21.2. The minimum absolute atomic E-state index is 0.0468. The fourth-order valence-electron chi connectivity index (χ4n) is 3.72. The highest BCUT2D eigenvalue weighted by atomic mass is 16.6. The maximum absolute atomic E-state index is 12.5. The molecule has 3 rings (SSSR count). The molecule has 1 aliphatic carbocycles. The third-order valence-corrected chi connectivity index (χ3v) is 5.29. The largest absolute Gasteiger partial charge is 0.489 e. The van der Waals surface area contributed by atoms with E-state index in [0.717, 1.165) is 18.4 Å². The molecule has 0 atom stereocenters. The number of benzene rings is 1. The molecule has 1 fully saturated rings. The van der Waals surface area contributed by atoms with Gasteiger partial charge in [-0.2, -0.15) is 0 Å². The Labute approximate surface area is 177 Å². The number of amidine groups is 1. The van der Waals surface area contributed by atoms with Gasteiger partial charge in [-0.3, -0.25) is 9.78 Å². The summed E-state index contributed by atoms with van der Waals surface area (Å²) in [6, 6.07) is 11.4. The predicted molar refractivity (Wildman–Crippen MR) is 116 cm³/mol. The van der Waals surface area contributed by atoms with Crippen molar-refractivity contribution in [2.75, 3.05) is 13.2 Å². The standard InChI is InChI=1S/C23H30N4O3/c1-2-27(20-10-4-3-5-11-20)22(28)17-30-26-23(24)19-9-6-12-21(14-19)29-16-18-8-7-13-25-15-18/h6-9,12-15,20H,2-5,10-11,16-17H2,1H3,(H2,24,26). The van der Waals surface area contributed by atoms with Crippen LogP contribution < -0.4 is 10.5 Å². The van der Waals surface area contributed by atoms with Crippen molar-refractivity contribution in [3.63, 3.8) is 0 Å². The molecule has 7 nitrogen and oxygen atoms in total. The molecular weight excluding hydrogens is 380 g/mol. The highest BCUT2D eigenvalue weighted by molar-refractivity contribution is 5.97. The van der Waals surface area contributed by atoms with E-state index in [-0.39, 0.29) is 18.3 Å². The molecule has 7 heteroatoms. The van der Waals surface area contributed by atoms with Crippen LogP contribution in [0.25, 0.3) is 0 Å². The number of hydrogen-bond donors (Lipinski definition) is 1. The van der Waals surface area contributed by atoms with Gasteiger partial charge in [0.25, 0.3) is 5.91 Å². The summed E-state index contributed by atoms with van der Waals surface area (Å²) in [7, 11) is 0. The van der Waals surface area contributed by atoms with E-state index in [4.69, 9.17) is 15.3 Å². The maximum atomic E-state index is 12.5. The molecule has 30 heavy (non-hydrogen) atoms. The van der Waals surface area contributed by atoms with Crippen LogP contribution in [0.3, 0.4) is 0 Å². The third-order valence-electron chi connectivity index (χ3n) is 5.29. The zero-order valence-electron chi connectivity index (χ0n) is 17.5. The highest BCUT2D eigenvalue weighted by Gasteiger charge is 2.24. The molecule has 0 saturated heterocycles. The van der Waals surface area contributed by atoms with E-state index in [2.05, 4.69) is 10.1 Å². The number of carbonyl (C=O) groups excluding carboxylic acids is 1. The molecule has 1 aromatic carbocycles. The van der Waals surface area contributed by atoms with Crippen molar-refractivity contribution < 1.29 is 14.4 Å². The van der Waals surface area contributed by atoms with Crippen LogP contribution in [-0.2, 0) is 16.2 Å². The molecule has 160 valence electrons. The Kier molecular flexibility index (Phi) is 8.06. The van der Waals surface area contributed by atoms with Crippen LogP contribution in [0, 0.1) is 0 Å². The molecule has 0 spiro atoms. The molecule has 1 heterocycles. The van der Waals surface area contributed by atoms with E-state index < -0.39 is 0 Å². The molecule has 0 aliphatic heterocycles. The monoisotopic (exact) mass is 410 g/mol. The molecule has 2 aromatic rings. The van der Waals surface area contributed by atoms with Crippen LogP contribution in [0.4, 0.5) is 0 Å². The fraction of sp³-hybridized carbons (Fsp3) is 0.435. The summed E-state index contributed by atoms with van der Waals surface area (Å²) in [6.07, 6.45) is 9.23. The van der Waals surface area contributed by atoms with Crippen LogP contribution in [0.1, 0.15) is 50.2 Å². The van der Waals surface area contributed by atoms with Gasteiger partial charge in [-0.05, 0) is 38.0 Å². The molecule has 1 aliphatic rings. The van der Waals surface area contributed by atoms with Gasteiger partial charge in [-0.1, -0.05) is 42.6 Å². The summed E-state index contributed by atoms with van der Waals surface area (Å²) < 4.78 is 5.79. The van der Waals surface area contributed by atoms with Gasteiger partial charge in [0.1, 0.15) is 12.4 Å². The molecule has 0 bridgehead atoms. The van der Waals surface area contributed by atoms with Gasteiger partial charge in [-0.25, -0.2) is 0 Å². The SMILES string of the molecule is CCN(C(=O)CO/N=C(\N)c1cccc(OCc2cccnc2)c1)C1CCCCC1. The van der Waals surface area contributed by atoms with E-state index in [1.807, 2.05) is 42.2 Å². The molecular formula is C23H30N4O3. The zero-order valence-corrected chi connectivity index (χ0v) is 17.5. The van der Waals surface area contributed by atoms with E-state index >= 15 is 0 Å². The van der Waals surface area contributed by atoms with Gasteiger partial charge in [0, 0.05) is 36.1 Å². The lowest BCUT2D eigenvalue weighted by Crippen LogP contribution is -2.43. The molecule has 1 saturated carbocycles. The number of likely N-dealkylation sites (N-methyl/N-ethyl adjacent to an activating group) is 1. The number of nitrogens with zero attached hydrogens (tertiary/aromatic N) is 3. The number of amides is 1. The van der Waals surface area contributed by atoms with Gasteiger partial charge in [0.2, 0.25) is 0 Å².